The van der Waals surface area contributed by atoms with Gasteiger partial charge >= 0.3 is 11.9 Å². The zero-order valence-corrected chi connectivity index (χ0v) is 25.1. The molecule has 14 nitrogen and oxygen atoms in total. The number of esters is 2. The molecule has 0 bridgehead atoms. The van der Waals surface area contributed by atoms with E-state index in [1.54, 1.807) is 23.1 Å². The number of guanidine groups is 1. The Morgan fingerprint density at radius 1 is 1.07 bits per heavy atom. The van der Waals surface area contributed by atoms with Crippen molar-refractivity contribution < 1.29 is 37.1 Å². The number of hydrogen-bond donors (Lipinski definition) is 4. The van der Waals surface area contributed by atoms with Gasteiger partial charge in [0.2, 0.25) is 21.8 Å². The van der Waals surface area contributed by atoms with Crippen LogP contribution in [0.5, 0.6) is 0 Å². The van der Waals surface area contributed by atoms with Gasteiger partial charge in [-0.05, 0) is 41.7 Å². The molecule has 5 N–H and O–H groups in total. The topological polar surface area (TPSA) is 209 Å². The number of nitrogens with one attached hydrogen (secondary N) is 3. The van der Waals surface area contributed by atoms with Gasteiger partial charge in [0.1, 0.15) is 12.0 Å². The molecule has 2 aliphatic rings. The number of benzene rings is 2. The normalized spacial score (nSPS) is 19.7. The molecule has 2 heterocycles. The Hall–Kier alpha value is -4.37. The fraction of sp³-hybridized carbons (Fsp3) is 0.448. The molecule has 0 aromatic heterocycles. The van der Waals surface area contributed by atoms with Crippen LogP contribution in [0.25, 0.3) is 10.8 Å². The van der Waals surface area contributed by atoms with Crippen LogP contribution < -0.4 is 15.8 Å². The largest absolute Gasteiger partial charge is 0.393 e. The van der Waals surface area contributed by atoms with E-state index in [2.05, 4.69) is 14.8 Å². The van der Waals surface area contributed by atoms with E-state index in [0.29, 0.717) is 18.5 Å². The number of sulfonamides is 1. The highest BCUT2D eigenvalue weighted by molar-refractivity contribution is 7.89. The molecular formula is C29H36N6O8S. The Morgan fingerprint density at radius 2 is 1.80 bits per heavy atom. The van der Waals surface area contributed by atoms with Gasteiger partial charge in [-0.15, -0.1) is 0 Å². The third-order valence-corrected chi connectivity index (χ3v) is 9.22. The second kappa shape index (κ2) is 13.9. The van der Waals surface area contributed by atoms with Crippen molar-refractivity contribution in [3.05, 3.63) is 42.5 Å². The minimum Gasteiger partial charge on any atom is -0.393 e. The van der Waals surface area contributed by atoms with Crippen LogP contribution in [-0.4, -0.2) is 92.5 Å². The minimum absolute atomic E-state index is 0.0454. The van der Waals surface area contributed by atoms with Gasteiger partial charge in [0.15, 0.2) is 11.7 Å². The number of amides is 2. The van der Waals surface area contributed by atoms with Crippen molar-refractivity contribution in [1.82, 2.24) is 19.8 Å². The molecule has 2 aliphatic heterocycles. The molecule has 2 amide bonds. The highest BCUT2D eigenvalue weighted by Crippen LogP contribution is 2.21. The first-order chi connectivity index (χ1) is 20.8. The molecule has 4 rings (SSSR count). The van der Waals surface area contributed by atoms with E-state index in [9.17, 15) is 32.4 Å². The summed E-state index contributed by atoms with van der Waals surface area (Å²) in [5, 5.41) is 11.9. The second-order valence-corrected chi connectivity index (χ2v) is 12.7. The smallest absolute Gasteiger partial charge is 0.325 e. The molecule has 15 heteroatoms. The summed E-state index contributed by atoms with van der Waals surface area (Å²) < 4.78 is 33.8. The molecule has 2 aromatic rings. The van der Waals surface area contributed by atoms with Crippen LogP contribution in [0.1, 0.15) is 32.6 Å². The number of Topliss-reactive ketones (excluding diaryl/α,β-unsaturated/α-hetero) is 1. The number of carbonyl (C=O) groups is 5. The molecule has 44 heavy (non-hydrogen) atoms. The summed E-state index contributed by atoms with van der Waals surface area (Å²) >= 11 is 0. The quantitative estimate of drug-likeness (QED) is 0.127. The Balaban J connectivity index is 1.52. The standard InChI is InChI=1S/C29H36N6O8S/c1-18(36)43-28(40)23-17-34(12-10-25(23)37)26(38)14-24(27(39)32-15-19-5-4-11-35(16-19)29(30)31)33-44(41,42)22-9-8-20-6-2-3-7-21(20)13-22/h2-3,6-9,13,19,23-24,33H,4-5,10-12,14-17H2,1H3,(H3,30,31)(H,32,39)/t19-,23-,24+/m0/s1. The predicted molar refractivity (Wildman–Crippen MR) is 158 cm³/mol. The van der Waals surface area contributed by atoms with Crippen LogP contribution in [0.15, 0.2) is 47.4 Å². The summed E-state index contributed by atoms with van der Waals surface area (Å²) in [6.45, 7) is 1.85. The Kier molecular flexibility index (Phi) is 10.3. The first-order valence-electron chi connectivity index (χ1n) is 14.2. The van der Waals surface area contributed by atoms with Crippen LogP contribution in [0.4, 0.5) is 0 Å². The number of carbonyl (C=O) groups excluding carboxylic acids is 5. The summed E-state index contributed by atoms with van der Waals surface area (Å²) in [4.78, 5) is 65.4. The zero-order chi connectivity index (χ0) is 32.0. The molecule has 3 atom stereocenters. The lowest BCUT2D eigenvalue weighted by molar-refractivity contribution is -0.164. The van der Waals surface area contributed by atoms with Gasteiger partial charge in [-0.25, -0.2) is 8.42 Å². The van der Waals surface area contributed by atoms with Crippen molar-refractivity contribution in [3.8, 4) is 0 Å². The number of ether oxygens (including phenoxy) is 1. The van der Waals surface area contributed by atoms with Crippen LogP contribution in [0.2, 0.25) is 0 Å². The lowest BCUT2D eigenvalue weighted by Crippen LogP contribution is -2.53. The Labute approximate surface area is 254 Å². The third-order valence-electron chi connectivity index (χ3n) is 7.75. The molecular weight excluding hydrogens is 592 g/mol. The van der Waals surface area contributed by atoms with Gasteiger partial charge in [-0.3, -0.25) is 29.4 Å². The molecule has 0 spiro atoms. The van der Waals surface area contributed by atoms with Crippen LogP contribution in [-0.2, 0) is 38.7 Å². The number of likely N-dealkylation sites (tertiary alicyclic amines) is 2. The maximum absolute atomic E-state index is 13.5. The summed E-state index contributed by atoms with van der Waals surface area (Å²) in [6, 6.07) is 10.2. The zero-order valence-electron chi connectivity index (χ0n) is 24.3. The maximum atomic E-state index is 13.5. The van der Waals surface area contributed by atoms with Crippen molar-refractivity contribution in [2.45, 2.75) is 43.5 Å². The van der Waals surface area contributed by atoms with Crippen molar-refractivity contribution in [2.24, 2.45) is 17.6 Å². The lowest BCUT2D eigenvalue weighted by atomic mass is 9.96. The summed E-state index contributed by atoms with van der Waals surface area (Å²) in [6.07, 6.45) is 0.760. The Morgan fingerprint density at radius 3 is 2.50 bits per heavy atom. The number of rotatable bonds is 9. The fourth-order valence-electron chi connectivity index (χ4n) is 5.38. The monoisotopic (exact) mass is 628 g/mol. The number of ketones is 1. The average Bonchev–Trinajstić information content (AvgIpc) is 2.99. The molecule has 2 aromatic carbocycles. The van der Waals surface area contributed by atoms with Crippen molar-refractivity contribution in [1.29, 1.82) is 5.41 Å². The minimum atomic E-state index is -4.28. The van der Waals surface area contributed by atoms with E-state index >= 15 is 0 Å². The number of nitrogens with zero attached hydrogens (tertiary/aromatic N) is 2. The van der Waals surface area contributed by atoms with Crippen LogP contribution >= 0.6 is 0 Å². The van der Waals surface area contributed by atoms with E-state index in [4.69, 9.17) is 11.1 Å². The van der Waals surface area contributed by atoms with Crippen molar-refractivity contribution >= 4 is 56.3 Å². The molecule has 0 saturated carbocycles. The average molecular weight is 629 g/mol. The van der Waals surface area contributed by atoms with Gasteiger partial charge in [0, 0.05) is 46.1 Å². The molecule has 0 radical (unpaired) electrons. The van der Waals surface area contributed by atoms with E-state index < -0.39 is 57.9 Å². The van der Waals surface area contributed by atoms with Gasteiger partial charge in [-0.1, -0.05) is 30.3 Å². The van der Waals surface area contributed by atoms with Gasteiger partial charge in [0.05, 0.1) is 11.3 Å². The molecule has 0 aliphatic carbocycles. The number of nitrogens with two attached hydrogens (primary N) is 1. The molecule has 236 valence electrons. The number of piperidine rings is 2. The lowest BCUT2D eigenvalue weighted by Gasteiger charge is -2.33. The van der Waals surface area contributed by atoms with Crippen LogP contribution in [0.3, 0.4) is 0 Å². The second-order valence-electron chi connectivity index (χ2n) is 11.0. The highest BCUT2D eigenvalue weighted by atomic mass is 32.2. The predicted octanol–water partition coefficient (Wildman–Crippen LogP) is 0.106. The summed E-state index contributed by atoms with van der Waals surface area (Å²) in [7, 11) is -4.28. The first-order valence-corrected chi connectivity index (χ1v) is 15.7. The fourth-order valence-corrected chi connectivity index (χ4v) is 6.61. The third kappa shape index (κ3) is 8.17. The van der Waals surface area contributed by atoms with Crippen LogP contribution in [0, 0.1) is 17.2 Å². The first kappa shape index (κ1) is 32.5. The molecule has 0 unspecified atom stereocenters. The SMILES string of the molecule is CC(=O)OC(=O)[C@H]1CN(C(=O)C[C@@H](NS(=O)(=O)c2ccc3ccccc3c2)C(=O)NC[C@@H]2CCCN(C(=N)N)C2)CCC1=O. The van der Waals surface area contributed by atoms with E-state index in [0.717, 1.165) is 25.2 Å². The molecule has 2 fully saturated rings. The number of fused-ring (bicyclic) bond motifs is 1. The van der Waals surface area contributed by atoms with E-state index in [1.165, 1.54) is 17.0 Å². The van der Waals surface area contributed by atoms with Gasteiger partial charge in [0.25, 0.3) is 0 Å². The van der Waals surface area contributed by atoms with Gasteiger partial charge in [-0.2, -0.15) is 4.72 Å². The highest BCUT2D eigenvalue weighted by Gasteiger charge is 2.38. The van der Waals surface area contributed by atoms with Gasteiger partial charge < -0.3 is 25.6 Å². The maximum Gasteiger partial charge on any atom is 0.325 e. The van der Waals surface area contributed by atoms with E-state index in [-0.39, 0.29) is 42.8 Å². The summed E-state index contributed by atoms with van der Waals surface area (Å²) in [5.41, 5.74) is 5.62. The number of hydrogen-bond acceptors (Lipinski definition) is 9. The molecule has 2 saturated heterocycles. The van der Waals surface area contributed by atoms with E-state index in [1.807, 2.05) is 12.1 Å². The summed E-state index contributed by atoms with van der Waals surface area (Å²) in [5.74, 6) is -5.34. The Bertz CT molecular complexity index is 1580. The van der Waals surface area contributed by atoms with Crippen molar-refractivity contribution in [3.63, 3.8) is 0 Å². The van der Waals surface area contributed by atoms with Crippen molar-refractivity contribution in [2.75, 3.05) is 32.7 Å².